The minimum absolute atomic E-state index is 0. The lowest BCUT2D eigenvalue weighted by Crippen LogP contribution is -2.49. The maximum atomic E-state index is 4.77. The standard InChI is InChI=1S/C21H38N6S.HI/c1-4-22-20(23-14-19-16-28-21(25-19)26(2)3)24-18-10-12-27(13-11-18)15-17-8-6-5-7-9-17;/h16-18H,4-15H2,1-3H3,(H2,22,23,24);1H. The van der Waals surface area contributed by atoms with Gasteiger partial charge < -0.3 is 20.4 Å². The van der Waals surface area contributed by atoms with E-state index in [2.05, 4.69) is 32.8 Å². The molecule has 8 heteroatoms. The largest absolute Gasteiger partial charge is 0.357 e. The monoisotopic (exact) mass is 534 g/mol. The van der Waals surface area contributed by atoms with Crippen LogP contribution in [-0.2, 0) is 6.54 Å². The predicted octanol–water partition coefficient (Wildman–Crippen LogP) is 3.93. The van der Waals surface area contributed by atoms with Crippen LogP contribution in [0.4, 0.5) is 5.13 Å². The summed E-state index contributed by atoms with van der Waals surface area (Å²) in [6.07, 6.45) is 9.65. The number of guanidine groups is 1. The molecule has 1 saturated carbocycles. The van der Waals surface area contributed by atoms with Crippen molar-refractivity contribution < 1.29 is 0 Å². The summed E-state index contributed by atoms with van der Waals surface area (Å²) in [4.78, 5) is 14.1. The summed E-state index contributed by atoms with van der Waals surface area (Å²) in [6, 6.07) is 0.521. The van der Waals surface area contributed by atoms with Crippen LogP contribution in [-0.4, -0.2) is 62.2 Å². The number of hydrogen-bond donors (Lipinski definition) is 2. The smallest absolute Gasteiger partial charge is 0.191 e. The number of nitrogens with zero attached hydrogens (tertiary/aromatic N) is 4. The van der Waals surface area contributed by atoms with Gasteiger partial charge in [-0.25, -0.2) is 9.98 Å². The van der Waals surface area contributed by atoms with Gasteiger partial charge in [0.25, 0.3) is 0 Å². The lowest BCUT2D eigenvalue weighted by molar-refractivity contribution is 0.160. The number of nitrogens with one attached hydrogen (secondary N) is 2. The lowest BCUT2D eigenvalue weighted by Gasteiger charge is -2.36. The molecule has 0 aromatic carbocycles. The molecule has 0 unspecified atom stereocenters. The number of thiazole rings is 1. The van der Waals surface area contributed by atoms with Crippen molar-refractivity contribution in [2.45, 2.75) is 64.5 Å². The molecular weight excluding hydrogens is 495 g/mol. The highest BCUT2D eigenvalue weighted by Gasteiger charge is 2.23. The quantitative estimate of drug-likeness (QED) is 0.316. The highest BCUT2D eigenvalue weighted by atomic mass is 127. The van der Waals surface area contributed by atoms with Gasteiger partial charge in [-0.3, -0.25) is 0 Å². The van der Waals surface area contributed by atoms with E-state index in [9.17, 15) is 0 Å². The van der Waals surface area contributed by atoms with E-state index in [-0.39, 0.29) is 24.0 Å². The van der Waals surface area contributed by atoms with Gasteiger partial charge in [-0.15, -0.1) is 35.3 Å². The number of halogens is 1. The molecular formula is C21H39IN6S. The second-order valence-corrected chi connectivity index (χ2v) is 9.27. The van der Waals surface area contributed by atoms with E-state index >= 15 is 0 Å². The first-order valence-electron chi connectivity index (χ1n) is 11.0. The molecule has 1 saturated heterocycles. The van der Waals surface area contributed by atoms with Crippen LogP contribution < -0.4 is 15.5 Å². The first-order chi connectivity index (χ1) is 13.6. The van der Waals surface area contributed by atoms with Crippen LogP contribution in [0.15, 0.2) is 10.4 Å². The van der Waals surface area contributed by atoms with E-state index in [1.165, 1.54) is 64.6 Å². The highest BCUT2D eigenvalue weighted by molar-refractivity contribution is 14.0. The van der Waals surface area contributed by atoms with E-state index in [4.69, 9.17) is 4.99 Å². The molecule has 1 aromatic heterocycles. The Hall–Kier alpha value is -0.610. The highest BCUT2D eigenvalue weighted by Crippen LogP contribution is 2.25. The normalized spacial score (nSPS) is 19.6. The number of aromatic nitrogens is 1. The van der Waals surface area contributed by atoms with Crippen LogP contribution in [0.5, 0.6) is 0 Å². The van der Waals surface area contributed by atoms with Gasteiger partial charge in [0, 0.05) is 51.7 Å². The van der Waals surface area contributed by atoms with Gasteiger partial charge in [0.15, 0.2) is 11.1 Å². The van der Waals surface area contributed by atoms with Crippen molar-refractivity contribution in [3.63, 3.8) is 0 Å². The van der Waals surface area contributed by atoms with Crippen molar-refractivity contribution >= 4 is 46.4 Å². The number of aliphatic imine (C=N–C) groups is 1. The molecule has 0 radical (unpaired) electrons. The number of rotatable bonds is 7. The number of hydrogen-bond acceptors (Lipinski definition) is 5. The Balaban J connectivity index is 0.00000300. The predicted molar refractivity (Wildman–Crippen MR) is 136 cm³/mol. The zero-order valence-electron chi connectivity index (χ0n) is 18.3. The van der Waals surface area contributed by atoms with Gasteiger partial charge in [0.05, 0.1) is 12.2 Å². The summed E-state index contributed by atoms with van der Waals surface area (Å²) in [5.74, 6) is 1.87. The van der Waals surface area contributed by atoms with Crippen molar-refractivity contribution in [3.05, 3.63) is 11.1 Å². The Morgan fingerprint density at radius 3 is 2.55 bits per heavy atom. The van der Waals surface area contributed by atoms with E-state index in [1.807, 2.05) is 19.0 Å². The van der Waals surface area contributed by atoms with Crippen molar-refractivity contribution in [1.82, 2.24) is 20.5 Å². The van der Waals surface area contributed by atoms with Gasteiger partial charge >= 0.3 is 0 Å². The third-order valence-electron chi connectivity index (χ3n) is 5.84. The fourth-order valence-electron chi connectivity index (χ4n) is 4.24. The van der Waals surface area contributed by atoms with Crippen molar-refractivity contribution in [2.75, 3.05) is 45.2 Å². The van der Waals surface area contributed by atoms with Crippen LogP contribution in [0.2, 0.25) is 0 Å². The molecule has 166 valence electrons. The minimum atomic E-state index is 0. The Morgan fingerprint density at radius 1 is 1.21 bits per heavy atom. The molecule has 0 amide bonds. The maximum Gasteiger partial charge on any atom is 0.191 e. The van der Waals surface area contributed by atoms with E-state index in [0.717, 1.165) is 29.2 Å². The third-order valence-corrected chi connectivity index (χ3v) is 6.89. The summed E-state index contributed by atoms with van der Waals surface area (Å²) in [5, 5.41) is 10.2. The SMILES string of the molecule is CCNC(=NCc1csc(N(C)C)n1)NC1CCN(CC2CCCCC2)CC1.I. The molecule has 29 heavy (non-hydrogen) atoms. The number of piperidine rings is 1. The van der Waals surface area contributed by atoms with Crippen molar-refractivity contribution in [3.8, 4) is 0 Å². The lowest BCUT2D eigenvalue weighted by atomic mass is 9.88. The van der Waals surface area contributed by atoms with E-state index in [0.29, 0.717) is 12.6 Å². The van der Waals surface area contributed by atoms with Crippen LogP contribution in [0, 0.1) is 5.92 Å². The second-order valence-electron chi connectivity index (χ2n) is 8.43. The topological polar surface area (TPSA) is 55.8 Å². The summed E-state index contributed by atoms with van der Waals surface area (Å²) < 4.78 is 0. The molecule has 2 fully saturated rings. The molecule has 2 N–H and O–H groups in total. The fraction of sp³-hybridized carbons (Fsp3) is 0.810. The zero-order valence-corrected chi connectivity index (χ0v) is 21.5. The number of anilines is 1. The molecule has 1 aliphatic carbocycles. The Labute approximate surface area is 198 Å². The van der Waals surface area contributed by atoms with Crippen LogP contribution in [0.1, 0.15) is 57.6 Å². The Morgan fingerprint density at radius 2 is 1.93 bits per heavy atom. The molecule has 0 bridgehead atoms. The molecule has 2 aliphatic rings. The van der Waals surface area contributed by atoms with Crippen molar-refractivity contribution in [2.24, 2.45) is 10.9 Å². The van der Waals surface area contributed by atoms with Gasteiger partial charge in [-0.2, -0.15) is 0 Å². The Bertz CT molecular complexity index is 606. The molecule has 3 rings (SSSR count). The van der Waals surface area contributed by atoms with E-state index in [1.54, 1.807) is 11.3 Å². The van der Waals surface area contributed by atoms with Crippen LogP contribution >= 0.6 is 35.3 Å². The summed E-state index contributed by atoms with van der Waals surface area (Å²) in [5.41, 5.74) is 1.04. The average molecular weight is 535 g/mol. The maximum absolute atomic E-state index is 4.77. The van der Waals surface area contributed by atoms with Crippen LogP contribution in [0.3, 0.4) is 0 Å². The summed E-state index contributed by atoms with van der Waals surface area (Å²) in [6.45, 7) is 7.38. The third kappa shape index (κ3) is 8.20. The zero-order chi connectivity index (χ0) is 19.8. The first-order valence-corrected chi connectivity index (χ1v) is 11.9. The number of likely N-dealkylation sites (tertiary alicyclic amines) is 1. The average Bonchev–Trinajstić information content (AvgIpc) is 3.18. The van der Waals surface area contributed by atoms with E-state index < -0.39 is 0 Å². The Kier molecular flexibility index (Phi) is 11.0. The van der Waals surface area contributed by atoms with Gasteiger partial charge in [0.2, 0.25) is 0 Å². The minimum Gasteiger partial charge on any atom is -0.357 e. The van der Waals surface area contributed by atoms with Gasteiger partial charge in [-0.1, -0.05) is 19.3 Å². The second kappa shape index (κ2) is 12.9. The van der Waals surface area contributed by atoms with Gasteiger partial charge in [0.1, 0.15) is 0 Å². The summed E-state index contributed by atoms with van der Waals surface area (Å²) in [7, 11) is 4.05. The molecule has 0 spiro atoms. The molecule has 2 heterocycles. The van der Waals surface area contributed by atoms with Gasteiger partial charge in [-0.05, 0) is 38.5 Å². The molecule has 6 nitrogen and oxygen atoms in total. The summed E-state index contributed by atoms with van der Waals surface area (Å²) >= 11 is 1.67. The first kappa shape index (κ1) is 24.7. The van der Waals surface area contributed by atoms with Crippen LogP contribution in [0.25, 0.3) is 0 Å². The fourth-order valence-corrected chi connectivity index (χ4v) is 4.99. The molecule has 0 atom stereocenters. The molecule has 1 aliphatic heterocycles. The molecule has 1 aromatic rings. The van der Waals surface area contributed by atoms with Crippen molar-refractivity contribution in [1.29, 1.82) is 0 Å².